The highest BCUT2D eigenvalue weighted by Crippen LogP contribution is 2.23. The number of carbonyl (C=O) groups excluding carboxylic acids is 1. The Balaban J connectivity index is 2.25. The molecule has 1 heterocycles. The largest absolute Gasteiger partial charge is 0.496 e. The van der Waals surface area contributed by atoms with Crippen molar-refractivity contribution in [3.63, 3.8) is 0 Å². The predicted molar refractivity (Wildman–Crippen MR) is 65.3 cm³/mol. The van der Waals surface area contributed by atoms with E-state index in [0.717, 1.165) is 0 Å². The topological polar surface area (TPSA) is 99.6 Å². The number of nitrogens with two attached hydrogens (primary N) is 1. The second-order valence-electron chi connectivity index (χ2n) is 3.71. The van der Waals surface area contributed by atoms with Crippen molar-refractivity contribution in [3.8, 4) is 11.6 Å². The van der Waals surface area contributed by atoms with Crippen LogP contribution in [0.2, 0.25) is 0 Å². The SMILES string of the molecule is COc1cccc(C(N)=O)c1COc1ccn(O)n1. The highest BCUT2D eigenvalue weighted by molar-refractivity contribution is 5.95. The Labute approximate surface area is 109 Å². The number of ether oxygens (including phenoxy) is 2. The normalized spacial score (nSPS) is 10.2. The van der Waals surface area contributed by atoms with E-state index in [4.69, 9.17) is 20.4 Å². The first-order valence-electron chi connectivity index (χ1n) is 5.45. The van der Waals surface area contributed by atoms with Gasteiger partial charge < -0.3 is 20.4 Å². The minimum absolute atomic E-state index is 0.0549. The molecular weight excluding hydrogens is 250 g/mol. The molecule has 0 radical (unpaired) electrons. The molecule has 7 nitrogen and oxygen atoms in total. The summed E-state index contributed by atoms with van der Waals surface area (Å²) in [5.74, 6) is 0.161. The molecule has 0 aliphatic rings. The van der Waals surface area contributed by atoms with Crippen molar-refractivity contribution in [2.24, 2.45) is 5.73 Å². The molecule has 3 N–H and O–H groups in total. The van der Waals surface area contributed by atoms with E-state index < -0.39 is 5.91 Å². The van der Waals surface area contributed by atoms with Gasteiger partial charge in [0.05, 0.1) is 13.3 Å². The second kappa shape index (κ2) is 5.30. The third-order valence-corrected chi connectivity index (χ3v) is 2.53. The van der Waals surface area contributed by atoms with Gasteiger partial charge in [-0.3, -0.25) is 4.79 Å². The highest BCUT2D eigenvalue weighted by Gasteiger charge is 2.14. The van der Waals surface area contributed by atoms with Crippen molar-refractivity contribution in [2.75, 3.05) is 7.11 Å². The summed E-state index contributed by atoms with van der Waals surface area (Å²) in [6.07, 6.45) is 1.33. The number of rotatable bonds is 5. The van der Waals surface area contributed by atoms with Crippen molar-refractivity contribution in [2.45, 2.75) is 6.61 Å². The molecule has 1 aromatic heterocycles. The van der Waals surface area contributed by atoms with Crippen LogP contribution in [0.3, 0.4) is 0 Å². The van der Waals surface area contributed by atoms with Crippen LogP contribution in [-0.4, -0.2) is 28.2 Å². The van der Waals surface area contributed by atoms with Gasteiger partial charge in [0, 0.05) is 17.2 Å². The highest BCUT2D eigenvalue weighted by atomic mass is 16.5. The third-order valence-electron chi connectivity index (χ3n) is 2.53. The van der Waals surface area contributed by atoms with Crippen LogP contribution in [0.4, 0.5) is 0 Å². The fourth-order valence-electron chi connectivity index (χ4n) is 1.66. The lowest BCUT2D eigenvalue weighted by Crippen LogP contribution is -2.15. The van der Waals surface area contributed by atoms with Crippen LogP contribution >= 0.6 is 0 Å². The van der Waals surface area contributed by atoms with E-state index in [1.54, 1.807) is 18.2 Å². The van der Waals surface area contributed by atoms with Crippen molar-refractivity contribution < 1.29 is 19.5 Å². The van der Waals surface area contributed by atoms with Gasteiger partial charge in [-0.1, -0.05) is 11.2 Å². The minimum Gasteiger partial charge on any atom is -0.496 e. The molecule has 0 saturated carbocycles. The number of primary amides is 1. The number of benzene rings is 1. The average Bonchev–Trinajstić information content (AvgIpc) is 2.81. The van der Waals surface area contributed by atoms with Crippen LogP contribution in [0.25, 0.3) is 0 Å². The van der Waals surface area contributed by atoms with Crippen molar-refractivity contribution in [1.29, 1.82) is 0 Å². The van der Waals surface area contributed by atoms with Crippen LogP contribution in [-0.2, 0) is 6.61 Å². The molecule has 100 valence electrons. The fourth-order valence-corrected chi connectivity index (χ4v) is 1.66. The molecule has 1 aromatic carbocycles. The lowest BCUT2D eigenvalue weighted by atomic mass is 10.1. The molecule has 19 heavy (non-hydrogen) atoms. The van der Waals surface area contributed by atoms with E-state index in [1.165, 1.54) is 19.4 Å². The number of nitrogens with zero attached hydrogens (tertiary/aromatic N) is 2. The van der Waals surface area contributed by atoms with E-state index in [2.05, 4.69) is 5.10 Å². The lowest BCUT2D eigenvalue weighted by Gasteiger charge is -2.11. The molecule has 0 spiro atoms. The summed E-state index contributed by atoms with van der Waals surface area (Å²) in [4.78, 5) is 12.0. The molecule has 0 aliphatic heterocycles. The predicted octanol–water partition coefficient (Wildman–Crippen LogP) is 0.807. The van der Waals surface area contributed by atoms with Crippen LogP contribution in [0.15, 0.2) is 30.5 Å². The molecule has 7 heteroatoms. The van der Waals surface area contributed by atoms with Crippen molar-refractivity contribution >= 4 is 5.91 Å². The number of amides is 1. The Morgan fingerprint density at radius 3 is 2.84 bits per heavy atom. The van der Waals surface area contributed by atoms with E-state index in [9.17, 15) is 4.79 Å². The Morgan fingerprint density at radius 2 is 2.26 bits per heavy atom. The number of hydrogen-bond acceptors (Lipinski definition) is 5. The summed E-state index contributed by atoms with van der Waals surface area (Å²) < 4.78 is 10.5. The van der Waals surface area contributed by atoms with Gasteiger partial charge in [0.25, 0.3) is 0 Å². The summed E-state index contributed by atoms with van der Waals surface area (Å²) in [6, 6.07) is 6.45. The number of carbonyl (C=O) groups is 1. The molecular formula is C12H13N3O4. The maximum Gasteiger partial charge on any atom is 0.249 e. The Bertz CT molecular complexity index is 594. The molecule has 0 saturated heterocycles. The molecule has 0 atom stereocenters. The van der Waals surface area contributed by atoms with Crippen LogP contribution in [0, 0.1) is 0 Å². The summed E-state index contributed by atoms with van der Waals surface area (Å²) in [7, 11) is 1.49. The van der Waals surface area contributed by atoms with Crippen molar-refractivity contribution in [1.82, 2.24) is 9.94 Å². The maximum absolute atomic E-state index is 11.4. The summed E-state index contributed by atoms with van der Waals surface area (Å²) in [5, 5.41) is 12.7. The molecule has 2 aromatic rings. The van der Waals surface area contributed by atoms with Gasteiger partial charge in [-0.05, 0) is 12.1 Å². The maximum atomic E-state index is 11.4. The zero-order valence-corrected chi connectivity index (χ0v) is 10.2. The first kappa shape index (κ1) is 12.7. The van der Waals surface area contributed by atoms with Gasteiger partial charge in [0.1, 0.15) is 12.4 Å². The molecule has 0 fully saturated rings. The lowest BCUT2D eigenvalue weighted by molar-refractivity contribution is 0.0996. The summed E-state index contributed by atoms with van der Waals surface area (Å²) >= 11 is 0. The van der Waals surface area contributed by atoms with Crippen molar-refractivity contribution in [3.05, 3.63) is 41.6 Å². The Kier molecular flexibility index (Phi) is 3.56. The molecule has 0 aliphatic carbocycles. The Morgan fingerprint density at radius 1 is 1.47 bits per heavy atom. The minimum atomic E-state index is -0.565. The monoisotopic (exact) mass is 263 g/mol. The number of hydrogen-bond donors (Lipinski definition) is 2. The van der Waals surface area contributed by atoms with Gasteiger partial charge in [-0.25, -0.2) is 0 Å². The van der Waals surface area contributed by atoms with E-state index in [0.29, 0.717) is 21.7 Å². The third kappa shape index (κ3) is 2.76. The summed E-state index contributed by atoms with van der Waals surface area (Å²) in [5.41, 5.74) is 6.16. The van der Waals surface area contributed by atoms with Crippen LogP contribution < -0.4 is 15.2 Å². The second-order valence-corrected chi connectivity index (χ2v) is 3.71. The molecule has 0 unspecified atom stereocenters. The van der Waals surface area contributed by atoms with E-state index in [-0.39, 0.29) is 12.5 Å². The zero-order valence-electron chi connectivity index (χ0n) is 10.2. The smallest absolute Gasteiger partial charge is 0.249 e. The van der Waals surface area contributed by atoms with Gasteiger partial charge in [-0.15, -0.1) is 4.85 Å². The molecule has 2 rings (SSSR count). The first-order chi connectivity index (χ1) is 9.11. The van der Waals surface area contributed by atoms with Crippen LogP contribution in [0.5, 0.6) is 11.6 Å². The number of methoxy groups -OCH3 is 1. The fraction of sp³-hybridized carbons (Fsp3) is 0.167. The van der Waals surface area contributed by atoms with Gasteiger partial charge in [-0.2, -0.15) is 0 Å². The molecule has 1 amide bonds. The van der Waals surface area contributed by atoms with Crippen LogP contribution in [0.1, 0.15) is 15.9 Å². The van der Waals surface area contributed by atoms with E-state index >= 15 is 0 Å². The van der Waals surface area contributed by atoms with Gasteiger partial charge >= 0.3 is 0 Å². The quantitative estimate of drug-likeness (QED) is 0.777. The van der Waals surface area contributed by atoms with Gasteiger partial charge in [0.15, 0.2) is 0 Å². The van der Waals surface area contributed by atoms with E-state index in [1.807, 2.05) is 0 Å². The zero-order chi connectivity index (χ0) is 13.8. The molecule has 0 bridgehead atoms. The number of aromatic nitrogens is 2. The Hall–Kier alpha value is -2.70. The average molecular weight is 263 g/mol. The standard InChI is InChI=1S/C12H13N3O4/c1-18-10-4-2-3-8(12(13)16)9(10)7-19-11-5-6-15(17)14-11/h2-6,17H,7H2,1H3,(H2,13,16). The van der Waals surface area contributed by atoms with Gasteiger partial charge in [0.2, 0.25) is 11.8 Å². The first-order valence-corrected chi connectivity index (χ1v) is 5.45. The summed E-state index contributed by atoms with van der Waals surface area (Å²) in [6.45, 7) is 0.0549.